The van der Waals surface area contributed by atoms with Crippen LogP contribution in [0.4, 0.5) is 5.69 Å². The number of nitrogens with one attached hydrogen (secondary N) is 1. The number of carbonyl (C=O) groups is 1. The molecule has 0 saturated heterocycles. The molecule has 0 saturated carbocycles. The van der Waals surface area contributed by atoms with Gasteiger partial charge in [-0.1, -0.05) is 18.2 Å². The summed E-state index contributed by atoms with van der Waals surface area (Å²) in [7, 11) is 0. The molecule has 0 aliphatic carbocycles. The zero-order chi connectivity index (χ0) is 14.7. The summed E-state index contributed by atoms with van der Waals surface area (Å²) in [6.45, 7) is 4.26. The highest BCUT2D eigenvalue weighted by Crippen LogP contribution is 2.24. The Labute approximate surface area is 124 Å². The van der Waals surface area contributed by atoms with E-state index in [4.69, 9.17) is 0 Å². The van der Waals surface area contributed by atoms with Crippen LogP contribution in [0.1, 0.15) is 18.9 Å². The number of imidazole rings is 1. The smallest absolute Gasteiger partial charge is 0.243 e. The number of fused-ring (bicyclic) bond motifs is 1. The second kappa shape index (κ2) is 6.10. The van der Waals surface area contributed by atoms with Gasteiger partial charge < -0.3 is 14.8 Å². The lowest BCUT2D eigenvalue weighted by Gasteiger charge is -2.24. The van der Waals surface area contributed by atoms with E-state index in [1.807, 2.05) is 47.1 Å². The summed E-state index contributed by atoms with van der Waals surface area (Å²) in [6, 6.07) is 7.97. The van der Waals surface area contributed by atoms with E-state index in [0.717, 1.165) is 31.7 Å². The minimum Gasteiger partial charge on any atom is -0.337 e. The van der Waals surface area contributed by atoms with Crippen molar-refractivity contribution in [3.05, 3.63) is 48.5 Å². The van der Waals surface area contributed by atoms with Gasteiger partial charge in [-0.2, -0.15) is 0 Å². The van der Waals surface area contributed by atoms with Gasteiger partial charge >= 0.3 is 0 Å². The molecule has 1 amide bonds. The first-order chi connectivity index (χ1) is 10.3. The molecule has 1 aromatic carbocycles. The number of nitrogens with zero attached hydrogens (tertiary/aromatic N) is 3. The van der Waals surface area contributed by atoms with Gasteiger partial charge in [0.2, 0.25) is 5.91 Å². The van der Waals surface area contributed by atoms with Crippen molar-refractivity contribution < 1.29 is 4.79 Å². The highest BCUT2D eigenvalue weighted by Gasteiger charge is 2.26. The van der Waals surface area contributed by atoms with Gasteiger partial charge in [-0.15, -0.1) is 0 Å². The summed E-state index contributed by atoms with van der Waals surface area (Å²) in [6.07, 6.45) is 6.44. The summed E-state index contributed by atoms with van der Waals surface area (Å²) < 4.78 is 2.04. The highest BCUT2D eigenvalue weighted by atomic mass is 16.2. The van der Waals surface area contributed by atoms with Gasteiger partial charge in [-0.25, -0.2) is 4.98 Å². The van der Waals surface area contributed by atoms with Gasteiger partial charge in [0.1, 0.15) is 0 Å². The Morgan fingerprint density at radius 3 is 3.00 bits per heavy atom. The zero-order valence-electron chi connectivity index (χ0n) is 12.2. The van der Waals surface area contributed by atoms with Gasteiger partial charge in [0, 0.05) is 37.7 Å². The van der Waals surface area contributed by atoms with Crippen molar-refractivity contribution in [3.8, 4) is 0 Å². The van der Waals surface area contributed by atoms with E-state index in [0.29, 0.717) is 0 Å². The maximum Gasteiger partial charge on any atom is 0.243 e. The third-order valence-corrected chi connectivity index (χ3v) is 3.87. The lowest BCUT2D eigenvalue weighted by molar-refractivity contribution is -0.120. The minimum absolute atomic E-state index is 0.144. The Bertz CT molecular complexity index is 608. The lowest BCUT2D eigenvalue weighted by atomic mass is 10.1. The van der Waals surface area contributed by atoms with Crippen LogP contribution >= 0.6 is 0 Å². The molecule has 0 spiro atoms. The summed E-state index contributed by atoms with van der Waals surface area (Å²) in [4.78, 5) is 18.5. The van der Waals surface area contributed by atoms with E-state index in [2.05, 4.69) is 16.4 Å². The van der Waals surface area contributed by atoms with Crippen LogP contribution in [0.3, 0.4) is 0 Å². The first-order valence-corrected chi connectivity index (χ1v) is 7.34. The van der Waals surface area contributed by atoms with E-state index in [9.17, 15) is 4.79 Å². The monoisotopic (exact) mass is 284 g/mol. The molecule has 110 valence electrons. The molecular formula is C16H20N4O. The number of para-hydroxylation sites is 1. The van der Waals surface area contributed by atoms with Gasteiger partial charge in [-0.3, -0.25) is 4.79 Å². The molecule has 0 fully saturated rings. The number of amides is 1. The van der Waals surface area contributed by atoms with Gasteiger partial charge in [0.05, 0.1) is 12.4 Å². The molecule has 2 aromatic rings. The van der Waals surface area contributed by atoms with Crippen LogP contribution in [0, 0.1) is 0 Å². The van der Waals surface area contributed by atoms with Crippen LogP contribution in [0.15, 0.2) is 43.0 Å². The minimum atomic E-state index is -0.148. The van der Waals surface area contributed by atoms with E-state index in [-0.39, 0.29) is 11.9 Å². The molecule has 2 heterocycles. The molecule has 3 rings (SSSR count). The molecule has 0 bridgehead atoms. The molecule has 5 heteroatoms. The lowest BCUT2D eigenvalue weighted by Crippen LogP contribution is -2.43. The molecule has 1 aliphatic rings. The Hall–Kier alpha value is -2.14. The van der Waals surface area contributed by atoms with Crippen LogP contribution < -0.4 is 10.2 Å². The number of aryl methyl sites for hydroxylation is 1. The second-order valence-electron chi connectivity index (χ2n) is 5.38. The van der Waals surface area contributed by atoms with Crippen LogP contribution in [0.2, 0.25) is 0 Å². The Morgan fingerprint density at radius 1 is 1.33 bits per heavy atom. The van der Waals surface area contributed by atoms with Crippen molar-refractivity contribution in [2.24, 2.45) is 0 Å². The molecular weight excluding hydrogens is 264 g/mol. The predicted octanol–water partition coefficient (Wildman–Crippen LogP) is 1.80. The molecule has 1 aliphatic heterocycles. The van der Waals surface area contributed by atoms with Crippen LogP contribution in [0.25, 0.3) is 0 Å². The van der Waals surface area contributed by atoms with E-state index < -0.39 is 0 Å². The fraction of sp³-hybridized carbons (Fsp3) is 0.375. The number of rotatable bonds is 4. The van der Waals surface area contributed by atoms with Crippen molar-refractivity contribution in [2.45, 2.75) is 32.5 Å². The van der Waals surface area contributed by atoms with Crippen molar-refractivity contribution in [2.75, 3.05) is 11.4 Å². The third kappa shape index (κ3) is 2.97. The quantitative estimate of drug-likeness (QED) is 0.931. The van der Waals surface area contributed by atoms with Crippen molar-refractivity contribution in [1.29, 1.82) is 0 Å². The summed E-state index contributed by atoms with van der Waals surface area (Å²) >= 11 is 0. The molecule has 5 nitrogen and oxygen atoms in total. The topological polar surface area (TPSA) is 50.2 Å². The van der Waals surface area contributed by atoms with E-state index in [1.54, 1.807) is 6.20 Å². The van der Waals surface area contributed by atoms with Gasteiger partial charge in [0.25, 0.3) is 0 Å². The zero-order valence-corrected chi connectivity index (χ0v) is 12.2. The van der Waals surface area contributed by atoms with Crippen molar-refractivity contribution in [3.63, 3.8) is 0 Å². The normalized spacial score (nSPS) is 18.4. The summed E-state index contributed by atoms with van der Waals surface area (Å²) in [5.41, 5.74) is 2.21. The molecule has 1 aromatic heterocycles. The maximum absolute atomic E-state index is 12.5. The molecule has 1 N–H and O–H groups in total. The largest absolute Gasteiger partial charge is 0.337 e. The Kier molecular flexibility index (Phi) is 4.01. The molecule has 21 heavy (non-hydrogen) atoms. The molecule has 1 atom stereocenters. The maximum atomic E-state index is 12.5. The van der Waals surface area contributed by atoms with E-state index >= 15 is 0 Å². The average molecular weight is 284 g/mol. The number of hydrogen-bond acceptors (Lipinski definition) is 3. The highest BCUT2D eigenvalue weighted by molar-refractivity contribution is 5.98. The Balaban J connectivity index is 1.75. The van der Waals surface area contributed by atoms with Crippen LogP contribution in [-0.2, 0) is 17.9 Å². The first kappa shape index (κ1) is 13.8. The SMILES string of the molecule is CC1NCc2ccccc2N(CCCn2ccnc2)C1=O. The number of aromatic nitrogens is 2. The fourth-order valence-electron chi connectivity index (χ4n) is 2.69. The Morgan fingerprint density at radius 2 is 2.19 bits per heavy atom. The molecule has 0 radical (unpaired) electrons. The summed E-state index contributed by atoms with van der Waals surface area (Å²) in [5.74, 6) is 0.144. The predicted molar refractivity (Wildman–Crippen MR) is 81.9 cm³/mol. The van der Waals surface area contributed by atoms with Gasteiger partial charge in [-0.05, 0) is 25.0 Å². The first-order valence-electron chi connectivity index (χ1n) is 7.34. The van der Waals surface area contributed by atoms with Crippen molar-refractivity contribution >= 4 is 11.6 Å². The van der Waals surface area contributed by atoms with Crippen molar-refractivity contribution in [1.82, 2.24) is 14.9 Å². The standard InChI is InChI=1S/C16H20N4O/c1-13-16(21)20(9-4-8-19-10-7-17-12-19)15-6-3-2-5-14(15)11-18-13/h2-3,5-7,10,12-13,18H,4,8-9,11H2,1H3. The van der Waals surface area contributed by atoms with E-state index in [1.165, 1.54) is 5.56 Å². The number of anilines is 1. The third-order valence-electron chi connectivity index (χ3n) is 3.87. The van der Waals surface area contributed by atoms with Crippen LogP contribution in [-0.4, -0.2) is 28.0 Å². The average Bonchev–Trinajstić information content (AvgIpc) is 2.98. The molecule has 1 unspecified atom stereocenters. The fourth-order valence-corrected chi connectivity index (χ4v) is 2.69. The number of benzene rings is 1. The second-order valence-corrected chi connectivity index (χ2v) is 5.38. The van der Waals surface area contributed by atoms with Crippen LogP contribution in [0.5, 0.6) is 0 Å². The number of carbonyl (C=O) groups excluding carboxylic acids is 1. The summed E-state index contributed by atoms with van der Waals surface area (Å²) in [5, 5.41) is 3.28. The number of hydrogen-bond donors (Lipinski definition) is 1. The van der Waals surface area contributed by atoms with Gasteiger partial charge in [0.15, 0.2) is 0 Å².